The van der Waals surface area contributed by atoms with Gasteiger partial charge in [0.2, 0.25) is 10.3 Å². The normalized spacial score (nSPS) is 12.2. The molecule has 5 heterocycles. The van der Waals surface area contributed by atoms with Crippen LogP contribution in [0.3, 0.4) is 0 Å². The quantitative estimate of drug-likeness (QED) is 0.168. The number of alkyl halides is 6. The van der Waals surface area contributed by atoms with Gasteiger partial charge in [-0.2, -0.15) is 35.7 Å². The fraction of sp³-hybridized carbons (Fsp3) is 0.304. The predicted octanol–water partition coefficient (Wildman–Crippen LogP) is 3.98. The highest BCUT2D eigenvalue weighted by Crippen LogP contribution is 2.41. The van der Waals surface area contributed by atoms with Gasteiger partial charge in [0.15, 0.2) is 11.4 Å². The van der Waals surface area contributed by atoms with Crippen LogP contribution in [0.1, 0.15) is 69.0 Å². The number of nitrogens with zero attached hydrogens (tertiary/aromatic N) is 6. The van der Waals surface area contributed by atoms with Crippen LogP contribution in [-0.2, 0) is 21.8 Å². The zero-order valence-corrected chi connectivity index (χ0v) is 25.3. The highest BCUT2D eigenvalue weighted by Gasteiger charge is 2.47. The van der Waals surface area contributed by atoms with E-state index in [0.29, 0.717) is 34.2 Å². The number of hydrogen-bond acceptors (Lipinski definition) is 13. The van der Waals surface area contributed by atoms with E-state index in [1.54, 1.807) is 0 Å². The first-order chi connectivity index (χ1) is 21.7. The molecular weight excluding hydrogens is 694 g/mol. The highest BCUT2D eigenvalue weighted by molar-refractivity contribution is 7.12. The SMILES string of the molecule is CCOC(=O)c1csc(-n2[nH]c(C(F)(F)F)c(C(c3csnn3)c3c(C(F)(F)F)[nH]n(-c4nc(C(=O)OCC)cs4)c3=O)c2=O)n1. The Kier molecular flexibility index (Phi) is 8.74. The lowest BCUT2D eigenvalue weighted by Gasteiger charge is -2.16. The van der Waals surface area contributed by atoms with Crippen molar-refractivity contribution in [3.63, 3.8) is 0 Å². The van der Waals surface area contributed by atoms with Crippen LogP contribution >= 0.6 is 34.2 Å². The van der Waals surface area contributed by atoms with Crippen molar-refractivity contribution in [1.29, 1.82) is 0 Å². The molecule has 46 heavy (non-hydrogen) atoms. The smallest absolute Gasteiger partial charge is 0.433 e. The lowest BCUT2D eigenvalue weighted by atomic mass is 9.88. The van der Waals surface area contributed by atoms with Crippen molar-refractivity contribution in [3.05, 3.63) is 76.4 Å². The van der Waals surface area contributed by atoms with E-state index >= 15 is 0 Å². The second-order valence-corrected chi connectivity index (χ2v) is 11.1. The Hall–Kier alpha value is -4.64. The summed E-state index contributed by atoms with van der Waals surface area (Å²) >= 11 is 1.66. The van der Waals surface area contributed by atoms with Crippen LogP contribution in [0.2, 0.25) is 0 Å². The first-order valence-electron chi connectivity index (χ1n) is 12.5. The van der Waals surface area contributed by atoms with E-state index in [1.807, 2.05) is 10.2 Å². The van der Waals surface area contributed by atoms with Crippen LogP contribution in [0.5, 0.6) is 0 Å². The number of aromatic nitrogens is 8. The van der Waals surface area contributed by atoms with Gasteiger partial charge in [-0.1, -0.05) is 4.49 Å². The van der Waals surface area contributed by atoms with E-state index in [0.717, 1.165) is 16.1 Å². The molecule has 0 aliphatic carbocycles. The van der Waals surface area contributed by atoms with Gasteiger partial charge in [0, 0.05) is 16.1 Å². The second kappa shape index (κ2) is 12.3. The molecule has 23 heteroatoms. The maximum absolute atomic E-state index is 14.5. The maximum Gasteiger partial charge on any atom is 0.433 e. The van der Waals surface area contributed by atoms with Crippen molar-refractivity contribution >= 4 is 46.1 Å². The molecule has 5 aromatic rings. The van der Waals surface area contributed by atoms with Gasteiger partial charge in [-0.15, -0.1) is 27.8 Å². The summed E-state index contributed by atoms with van der Waals surface area (Å²) < 4.78 is 101. The van der Waals surface area contributed by atoms with Crippen molar-refractivity contribution in [1.82, 2.24) is 39.1 Å². The Morgan fingerprint density at radius 1 is 0.804 bits per heavy atom. The first kappa shape index (κ1) is 32.7. The molecule has 0 aliphatic rings. The maximum atomic E-state index is 14.5. The average Bonchev–Trinajstić information content (AvgIpc) is 3.80. The standard InChI is InChI=1S/C23H16F6N8O6S3/c1-3-42-18(40)9-5-44-20(30-9)36-16(38)12(14(33-36)22(24,25)26)11(8-7-46-35-32-8)13-15(23(27,28)29)34-37(17(13)39)21-31-10(6-45-21)19(41)43-4-2/h5-7,11,33-34H,3-4H2,1-2H3. The van der Waals surface area contributed by atoms with Crippen LogP contribution in [0.4, 0.5) is 26.3 Å². The van der Waals surface area contributed by atoms with Gasteiger partial charge in [0.05, 0.1) is 36.0 Å². The number of ether oxygens (including phenoxy) is 2. The summed E-state index contributed by atoms with van der Waals surface area (Å²) in [6.07, 6.45) is -10.8. The fourth-order valence-corrected chi connectivity index (χ4v) is 6.19. The van der Waals surface area contributed by atoms with Crippen molar-refractivity contribution < 1.29 is 45.4 Å². The summed E-state index contributed by atoms with van der Waals surface area (Å²) in [6.45, 7) is 2.88. The topological polar surface area (TPSA) is 180 Å². The van der Waals surface area contributed by atoms with E-state index in [9.17, 15) is 45.5 Å². The number of carbonyl (C=O) groups excluding carboxylic acids is 2. The molecule has 14 nitrogen and oxygen atoms in total. The van der Waals surface area contributed by atoms with Gasteiger partial charge in [-0.3, -0.25) is 19.8 Å². The number of H-pyrrole nitrogens is 2. The summed E-state index contributed by atoms with van der Waals surface area (Å²) in [5, 5.41) is 9.44. The molecule has 0 saturated carbocycles. The minimum Gasteiger partial charge on any atom is -0.461 e. The lowest BCUT2D eigenvalue weighted by molar-refractivity contribution is -0.142. The van der Waals surface area contributed by atoms with Crippen LogP contribution in [-0.4, -0.2) is 64.3 Å². The first-order valence-corrected chi connectivity index (χ1v) is 15.1. The zero-order chi connectivity index (χ0) is 33.6. The summed E-state index contributed by atoms with van der Waals surface area (Å²) in [6, 6.07) is 0. The van der Waals surface area contributed by atoms with Gasteiger partial charge in [0.1, 0.15) is 11.4 Å². The van der Waals surface area contributed by atoms with Gasteiger partial charge < -0.3 is 9.47 Å². The van der Waals surface area contributed by atoms with Gasteiger partial charge in [-0.05, 0) is 25.4 Å². The third kappa shape index (κ3) is 5.99. The number of thiazole rings is 2. The molecule has 0 atom stereocenters. The molecular formula is C23H16F6N8O6S3. The van der Waals surface area contributed by atoms with Crippen LogP contribution in [0, 0.1) is 0 Å². The van der Waals surface area contributed by atoms with Crippen molar-refractivity contribution in [2.24, 2.45) is 0 Å². The monoisotopic (exact) mass is 710 g/mol. The minimum atomic E-state index is -5.39. The molecule has 2 N–H and O–H groups in total. The Morgan fingerprint density at radius 3 is 1.59 bits per heavy atom. The molecule has 0 amide bonds. The molecule has 0 aromatic carbocycles. The summed E-state index contributed by atoms with van der Waals surface area (Å²) in [5.74, 6) is -4.28. The molecule has 0 bridgehead atoms. The molecule has 0 fully saturated rings. The Bertz CT molecular complexity index is 1890. The second-order valence-electron chi connectivity index (χ2n) is 8.81. The van der Waals surface area contributed by atoms with Crippen molar-refractivity contribution in [2.45, 2.75) is 32.1 Å². The van der Waals surface area contributed by atoms with E-state index in [1.165, 1.54) is 13.8 Å². The van der Waals surface area contributed by atoms with Crippen LogP contribution in [0.25, 0.3) is 10.3 Å². The number of hydrogen-bond donors (Lipinski definition) is 2. The van der Waals surface area contributed by atoms with E-state index in [-0.39, 0.29) is 34.0 Å². The van der Waals surface area contributed by atoms with E-state index in [4.69, 9.17) is 9.47 Å². The van der Waals surface area contributed by atoms with E-state index in [2.05, 4.69) is 19.6 Å². The number of carbonyl (C=O) groups is 2. The number of aromatic amines is 2. The Morgan fingerprint density at radius 2 is 1.24 bits per heavy atom. The summed E-state index contributed by atoms with van der Waals surface area (Å²) in [4.78, 5) is 59.2. The third-order valence-corrected chi connectivity index (χ3v) is 8.18. The largest absolute Gasteiger partial charge is 0.461 e. The lowest BCUT2D eigenvalue weighted by Crippen LogP contribution is -2.27. The molecule has 0 spiro atoms. The molecule has 0 aliphatic heterocycles. The number of nitrogens with one attached hydrogen (secondary N) is 2. The predicted molar refractivity (Wildman–Crippen MR) is 147 cm³/mol. The minimum absolute atomic E-state index is 0.0548. The summed E-state index contributed by atoms with van der Waals surface area (Å²) in [5.41, 5.74) is -10.7. The van der Waals surface area contributed by atoms with Crippen LogP contribution in [0.15, 0.2) is 25.7 Å². The molecule has 0 unspecified atom stereocenters. The zero-order valence-electron chi connectivity index (χ0n) is 22.8. The fourth-order valence-electron chi connectivity index (χ4n) is 4.21. The summed E-state index contributed by atoms with van der Waals surface area (Å²) in [7, 11) is 0. The Labute approximate surface area is 262 Å². The number of halogens is 6. The number of esters is 2. The molecule has 0 saturated heterocycles. The molecule has 5 rings (SSSR count). The molecule has 0 radical (unpaired) electrons. The van der Waals surface area contributed by atoms with E-state index < -0.39 is 79.8 Å². The Balaban J connectivity index is 1.78. The van der Waals surface area contributed by atoms with Gasteiger partial charge in [0.25, 0.3) is 11.1 Å². The highest BCUT2D eigenvalue weighted by atomic mass is 32.1. The third-order valence-electron chi connectivity index (χ3n) is 6.01. The van der Waals surface area contributed by atoms with Crippen molar-refractivity contribution in [3.8, 4) is 10.3 Å². The van der Waals surface area contributed by atoms with Crippen LogP contribution < -0.4 is 11.1 Å². The van der Waals surface area contributed by atoms with Gasteiger partial charge in [-0.25, -0.2) is 19.6 Å². The average molecular weight is 711 g/mol. The molecule has 5 aromatic heterocycles. The number of rotatable bonds is 9. The van der Waals surface area contributed by atoms with Crippen molar-refractivity contribution in [2.75, 3.05) is 13.2 Å². The van der Waals surface area contributed by atoms with Gasteiger partial charge >= 0.3 is 24.3 Å². The molecule has 244 valence electrons.